The van der Waals surface area contributed by atoms with Gasteiger partial charge in [0.2, 0.25) is 0 Å². The third kappa shape index (κ3) is 2.46. The minimum atomic E-state index is 0.183. The van der Waals surface area contributed by atoms with Gasteiger partial charge in [0.15, 0.2) is 0 Å². The predicted molar refractivity (Wildman–Crippen MR) is 78.8 cm³/mol. The molecule has 3 nitrogen and oxygen atoms in total. The molecule has 0 radical (unpaired) electrons. The number of para-hydroxylation sites is 1. The summed E-state index contributed by atoms with van der Waals surface area (Å²) < 4.78 is 11.5. The molecule has 3 rings (SSSR count). The Kier molecular flexibility index (Phi) is 3.53. The summed E-state index contributed by atoms with van der Waals surface area (Å²) in [6, 6.07) is 12.8. The standard InChI is InChI=1S/C17H21NO2/c1-11-10-19-16-7-5-4-6-14(16)17(11)18-13(3)15-9-8-12(2)20-15/h4-9,11,13,17-18H,10H2,1-3H3. The molecule has 3 unspecified atom stereocenters. The maximum absolute atomic E-state index is 5.79. The lowest BCUT2D eigenvalue weighted by Crippen LogP contribution is -2.35. The summed E-state index contributed by atoms with van der Waals surface area (Å²) >= 11 is 0. The first kappa shape index (κ1) is 13.3. The number of benzene rings is 1. The van der Waals surface area contributed by atoms with Gasteiger partial charge in [-0.1, -0.05) is 25.1 Å². The normalized spacial score (nSPS) is 22.9. The largest absolute Gasteiger partial charge is 0.493 e. The van der Waals surface area contributed by atoms with Crippen LogP contribution in [0.15, 0.2) is 40.8 Å². The smallest absolute Gasteiger partial charge is 0.124 e. The molecule has 1 aromatic carbocycles. The number of hydrogen-bond acceptors (Lipinski definition) is 3. The second-order valence-electron chi connectivity index (χ2n) is 5.64. The van der Waals surface area contributed by atoms with Crippen molar-refractivity contribution in [3.63, 3.8) is 0 Å². The average Bonchev–Trinajstić information content (AvgIpc) is 2.89. The minimum absolute atomic E-state index is 0.183. The molecule has 1 aliphatic rings. The van der Waals surface area contributed by atoms with Crippen molar-refractivity contribution >= 4 is 0 Å². The van der Waals surface area contributed by atoms with E-state index in [1.165, 1.54) is 5.56 Å². The minimum Gasteiger partial charge on any atom is -0.493 e. The zero-order chi connectivity index (χ0) is 14.1. The highest BCUT2D eigenvalue weighted by Gasteiger charge is 2.29. The molecular formula is C17H21NO2. The molecule has 0 spiro atoms. The van der Waals surface area contributed by atoms with Gasteiger partial charge in [-0.25, -0.2) is 0 Å². The molecule has 3 heteroatoms. The summed E-state index contributed by atoms with van der Waals surface area (Å²) in [4.78, 5) is 0. The van der Waals surface area contributed by atoms with Gasteiger partial charge in [0, 0.05) is 17.5 Å². The Labute approximate surface area is 119 Å². The molecule has 2 heterocycles. The molecule has 0 saturated carbocycles. The van der Waals surface area contributed by atoms with Crippen molar-refractivity contribution in [3.8, 4) is 5.75 Å². The predicted octanol–water partition coefficient (Wildman–Crippen LogP) is 4.01. The lowest BCUT2D eigenvalue weighted by Gasteiger charge is -2.33. The van der Waals surface area contributed by atoms with Crippen molar-refractivity contribution in [2.24, 2.45) is 5.92 Å². The van der Waals surface area contributed by atoms with E-state index in [9.17, 15) is 0 Å². The lowest BCUT2D eigenvalue weighted by molar-refractivity contribution is 0.179. The van der Waals surface area contributed by atoms with E-state index in [-0.39, 0.29) is 6.04 Å². The summed E-state index contributed by atoms with van der Waals surface area (Å²) in [5, 5.41) is 3.68. The van der Waals surface area contributed by atoms with Crippen LogP contribution >= 0.6 is 0 Å². The highest BCUT2D eigenvalue weighted by Crippen LogP contribution is 2.36. The highest BCUT2D eigenvalue weighted by molar-refractivity contribution is 5.38. The molecule has 2 aromatic rings. The van der Waals surface area contributed by atoms with Crippen LogP contribution in [0.25, 0.3) is 0 Å². The van der Waals surface area contributed by atoms with E-state index in [1.807, 2.05) is 31.2 Å². The van der Waals surface area contributed by atoms with Crippen LogP contribution < -0.4 is 10.1 Å². The van der Waals surface area contributed by atoms with Crippen molar-refractivity contribution in [2.75, 3.05) is 6.61 Å². The Morgan fingerprint density at radius 1 is 1.20 bits per heavy atom. The fourth-order valence-electron chi connectivity index (χ4n) is 2.78. The zero-order valence-corrected chi connectivity index (χ0v) is 12.2. The van der Waals surface area contributed by atoms with Gasteiger partial charge < -0.3 is 14.5 Å². The van der Waals surface area contributed by atoms with Crippen LogP contribution in [0, 0.1) is 12.8 Å². The maximum atomic E-state index is 5.79. The molecule has 3 atom stereocenters. The van der Waals surface area contributed by atoms with Crippen molar-refractivity contribution in [1.29, 1.82) is 0 Å². The van der Waals surface area contributed by atoms with Gasteiger partial charge in [0.05, 0.1) is 12.6 Å². The molecular weight excluding hydrogens is 250 g/mol. The van der Waals surface area contributed by atoms with Crippen molar-refractivity contribution in [1.82, 2.24) is 5.32 Å². The Hall–Kier alpha value is -1.74. The number of rotatable bonds is 3. The second kappa shape index (κ2) is 5.33. The molecule has 106 valence electrons. The van der Waals surface area contributed by atoms with Crippen molar-refractivity contribution in [2.45, 2.75) is 32.9 Å². The van der Waals surface area contributed by atoms with E-state index < -0.39 is 0 Å². The van der Waals surface area contributed by atoms with Crippen LogP contribution in [0.5, 0.6) is 5.75 Å². The Morgan fingerprint density at radius 3 is 2.75 bits per heavy atom. The van der Waals surface area contributed by atoms with Gasteiger partial charge in [-0.15, -0.1) is 0 Å². The first-order valence-electron chi connectivity index (χ1n) is 7.19. The first-order valence-corrected chi connectivity index (χ1v) is 7.19. The van der Waals surface area contributed by atoms with Gasteiger partial charge >= 0.3 is 0 Å². The number of furan rings is 1. The second-order valence-corrected chi connectivity index (χ2v) is 5.64. The van der Waals surface area contributed by atoms with Crippen LogP contribution in [0.3, 0.4) is 0 Å². The van der Waals surface area contributed by atoms with Crippen molar-refractivity contribution < 1.29 is 9.15 Å². The summed E-state index contributed by atoms with van der Waals surface area (Å²) in [5.41, 5.74) is 1.24. The van der Waals surface area contributed by atoms with Gasteiger partial charge in [0.1, 0.15) is 17.3 Å². The van der Waals surface area contributed by atoms with Crippen LogP contribution in [-0.4, -0.2) is 6.61 Å². The van der Waals surface area contributed by atoms with Crippen molar-refractivity contribution in [3.05, 3.63) is 53.5 Å². The molecule has 0 bridgehead atoms. The fraction of sp³-hybridized carbons (Fsp3) is 0.412. The molecule has 0 fully saturated rings. The lowest BCUT2D eigenvalue weighted by atomic mass is 9.91. The van der Waals surface area contributed by atoms with Crippen LogP contribution in [-0.2, 0) is 0 Å². The quantitative estimate of drug-likeness (QED) is 0.916. The van der Waals surface area contributed by atoms with E-state index in [1.54, 1.807) is 0 Å². The van der Waals surface area contributed by atoms with Crippen LogP contribution in [0.1, 0.15) is 43.0 Å². The number of fused-ring (bicyclic) bond motifs is 1. The molecule has 0 saturated heterocycles. The maximum Gasteiger partial charge on any atom is 0.124 e. The summed E-state index contributed by atoms with van der Waals surface area (Å²) in [7, 11) is 0. The first-order chi connectivity index (χ1) is 9.65. The van der Waals surface area contributed by atoms with E-state index in [2.05, 4.69) is 31.3 Å². The third-order valence-corrected chi connectivity index (χ3v) is 3.94. The summed E-state index contributed by atoms with van der Waals surface area (Å²) in [5.74, 6) is 3.36. The Morgan fingerprint density at radius 2 is 2.00 bits per heavy atom. The summed E-state index contributed by atoms with van der Waals surface area (Å²) in [6.45, 7) is 7.08. The average molecular weight is 271 g/mol. The van der Waals surface area contributed by atoms with E-state index >= 15 is 0 Å². The molecule has 1 aromatic heterocycles. The van der Waals surface area contributed by atoms with Gasteiger partial charge in [-0.05, 0) is 32.0 Å². The highest BCUT2D eigenvalue weighted by atomic mass is 16.5. The molecule has 20 heavy (non-hydrogen) atoms. The van der Waals surface area contributed by atoms with E-state index in [0.29, 0.717) is 12.0 Å². The van der Waals surface area contributed by atoms with Gasteiger partial charge in [-0.3, -0.25) is 0 Å². The monoisotopic (exact) mass is 271 g/mol. The number of hydrogen-bond donors (Lipinski definition) is 1. The van der Waals surface area contributed by atoms with E-state index in [0.717, 1.165) is 23.9 Å². The third-order valence-electron chi connectivity index (χ3n) is 3.94. The van der Waals surface area contributed by atoms with Gasteiger partial charge in [-0.2, -0.15) is 0 Å². The SMILES string of the molecule is Cc1ccc(C(C)NC2c3ccccc3OCC2C)o1. The van der Waals surface area contributed by atoms with Gasteiger partial charge in [0.25, 0.3) is 0 Å². The molecule has 0 amide bonds. The number of aryl methyl sites for hydroxylation is 1. The van der Waals surface area contributed by atoms with Crippen LogP contribution in [0.4, 0.5) is 0 Å². The Balaban J connectivity index is 1.83. The molecule has 1 aliphatic heterocycles. The number of nitrogens with one attached hydrogen (secondary N) is 1. The fourth-order valence-corrected chi connectivity index (χ4v) is 2.78. The zero-order valence-electron chi connectivity index (χ0n) is 12.2. The summed E-state index contributed by atoms with van der Waals surface area (Å²) in [6.07, 6.45) is 0. The number of ether oxygens (including phenoxy) is 1. The molecule has 1 N–H and O–H groups in total. The molecule has 0 aliphatic carbocycles. The van der Waals surface area contributed by atoms with Crippen LogP contribution in [0.2, 0.25) is 0 Å². The topological polar surface area (TPSA) is 34.4 Å². The Bertz CT molecular complexity index is 590. The van der Waals surface area contributed by atoms with E-state index in [4.69, 9.17) is 9.15 Å².